The number of aryl methyl sites for hydroxylation is 1. The van der Waals surface area contributed by atoms with Gasteiger partial charge in [-0.2, -0.15) is 0 Å². The number of hydrogen-bond donors (Lipinski definition) is 1. The van der Waals surface area contributed by atoms with Crippen molar-refractivity contribution >= 4 is 16.9 Å². The summed E-state index contributed by atoms with van der Waals surface area (Å²) < 4.78 is 17.0. The summed E-state index contributed by atoms with van der Waals surface area (Å²) in [5.41, 5.74) is 1.03. The summed E-state index contributed by atoms with van der Waals surface area (Å²) in [5, 5.41) is 11.3. The van der Waals surface area contributed by atoms with Gasteiger partial charge in [0.25, 0.3) is 5.91 Å². The summed E-state index contributed by atoms with van der Waals surface area (Å²) in [5.74, 6) is 0.987. The molecule has 1 N–H and O–H groups in total. The number of fused-ring (bicyclic) bond motifs is 1. The molecule has 1 aromatic carbocycles. The number of hydrogen-bond acceptors (Lipinski definition) is 5. The van der Waals surface area contributed by atoms with E-state index < -0.39 is 11.7 Å². The van der Waals surface area contributed by atoms with E-state index in [1.54, 1.807) is 18.1 Å². The van der Waals surface area contributed by atoms with Crippen molar-refractivity contribution in [3.63, 3.8) is 0 Å². The molecule has 3 heterocycles. The number of furan rings is 1. The first kappa shape index (κ1) is 17.4. The third-order valence-electron chi connectivity index (χ3n) is 5.86. The third-order valence-corrected chi connectivity index (χ3v) is 5.86. The summed E-state index contributed by atoms with van der Waals surface area (Å²) in [6.45, 7) is 3.73. The van der Waals surface area contributed by atoms with Gasteiger partial charge in [-0.25, -0.2) is 0 Å². The molecule has 1 atom stereocenters. The maximum atomic E-state index is 13.0. The number of carbonyl (C=O) groups excluding carboxylic acids is 1. The molecular weight excluding hydrogens is 334 g/mol. The van der Waals surface area contributed by atoms with Gasteiger partial charge in [0.1, 0.15) is 11.3 Å². The number of carbonyl (C=O) groups is 1. The van der Waals surface area contributed by atoms with E-state index in [0.717, 1.165) is 23.8 Å². The number of aliphatic hydroxyl groups excluding tert-OH is 1. The van der Waals surface area contributed by atoms with Crippen molar-refractivity contribution in [2.45, 2.75) is 44.3 Å². The molecule has 26 heavy (non-hydrogen) atoms. The molecule has 4 rings (SSSR count). The molecule has 140 valence electrons. The van der Waals surface area contributed by atoms with Crippen LogP contribution in [0.25, 0.3) is 11.0 Å². The van der Waals surface area contributed by atoms with E-state index >= 15 is 0 Å². The Labute approximate surface area is 152 Å². The predicted molar refractivity (Wildman–Crippen MR) is 96.6 cm³/mol. The van der Waals surface area contributed by atoms with Crippen molar-refractivity contribution in [3.8, 4) is 5.75 Å². The zero-order valence-corrected chi connectivity index (χ0v) is 15.3. The van der Waals surface area contributed by atoms with Crippen molar-refractivity contribution in [3.05, 3.63) is 29.5 Å². The second-order valence-corrected chi connectivity index (χ2v) is 7.28. The molecule has 0 unspecified atom stereocenters. The molecule has 0 aliphatic carbocycles. The van der Waals surface area contributed by atoms with E-state index in [9.17, 15) is 9.90 Å². The molecule has 0 radical (unpaired) electrons. The molecular formula is C20H25NO5. The number of likely N-dealkylation sites (tertiary alicyclic amines) is 1. The number of nitrogens with zero attached hydrogens (tertiary/aromatic N) is 1. The van der Waals surface area contributed by atoms with Crippen molar-refractivity contribution in [1.82, 2.24) is 4.90 Å². The molecule has 2 fully saturated rings. The second kappa shape index (κ2) is 6.59. The standard InChI is InChI=1S/C20H25NO5/c1-13-15-6-5-14(24-2)12-16(15)26-18(13)19(23)21-9-7-20(8-10-21)17(22)4-3-11-25-20/h5-6,12,17,22H,3-4,7-11H2,1-2H3/t17-/m1/s1. The maximum Gasteiger partial charge on any atom is 0.289 e. The lowest BCUT2D eigenvalue weighted by Gasteiger charge is -2.46. The van der Waals surface area contributed by atoms with E-state index in [-0.39, 0.29) is 5.91 Å². The fraction of sp³-hybridized carbons (Fsp3) is 0.550. The van der Waals surface area contributed by atoms with Crippen LogP contribution in [-0.2, 0) is 4.74 Å². The Hall–Kier alpha value is -2.05. The highest BCUT2D eigenvalue weighted by Crippen LogP contribution is 2.36. The fourth-order valence-corrected chi connectivity index (χ4v) is 4.16. The van der Waals surface area contributed by atoms with Crippen molar-refractivity contribution < 1.29 is 23.8 Å². The minimum Gasteiger partial charge on any atom is -0.497 e. The van der Waals surface area contributed by atoms with E-state index in [1.165, 1.54) is 0 Å². The molecule has 2 aliphatic rings. The van der Waals surface area contributed by atoms with Crippen LogP contribution in [0.5, 0.6) is 5.75 Å². The average Bonchev–Trinajstić information content (AvgIpc) is 3.00. The quantitative estimate of drug-likeness (QED) is 0.893. The summed E-state index contributed by atoms with van der Waals surface area (Å²) >= 11 is 0. The average molecular weight is 359 g/mol. The highest BCUT2D eigenvalue weighted by Gasteiger charge is 2.44. The molecule has 0 saturated carbocycles. The molecule has 1 aromatic heterocycles. The molecule has 2 saturated heterocycles. The Morgan fingerprint density at radius 2 is 2.12 bits per heavy atom. The first-order valence-electron chi connectivity index (χ1n) is 9.22. The zero-order valence-electron chi connectivity index (χ0n) is 15.3. The molecule has 1 amide bonds. The minimum atomic E-state index is -0.481. The van der Waals surface area contributed by atoms with Crippen LogP contribution in [0.15, 0.2) is 22.6 Å². The van der Waals surface area contributed by atoms with Gasteiger partial charge in [-0.3, -0.25) is 4.79 Å². The van der Waals surface area contributed by atoms with Crippen LogP contribution in [0.1, 0.15) is 41.8 Å². The number of rotatable bonds is 2. The Bertz CT molecular complexity index is 819. The lowest BCUT2D eigenvalue weighted by Crippen LogP contribution is -2.56. The van der Waals surface area contributed by atoms with Crippen LogP contribution >= 0.6 is 0 Å². The Balaban J connectivity index is 1.53. The Kier molecular flexibility index (Phi) is 4.40. The van der Waals surface area contributed by atoms with Crippen LogP contribution in [0, 0.1) is 6.92 Å². The number of ether oxygens (including phenoxy) is 2. The summed E-state index contributed by atoms with van der Waals surface area (Å²) in [4.78, 5) is 14.8. The molecule has 0 bridgehead atoms. The highest BCUT2D eigenvalue weighted by atomic mass is 16.5. The summed E-state index contributed by atoms with van der Waals surface area (Å²) in [7, 11) is 1.61. The number of benzene rings is 1. The largest absolute Gasteiger partial charge is 0.497 e. The van der Waals surface area contributed by atoms with Gasteiger partial charge in [-0.05, 0) is 44.7 Å². The number of amides is 1. The van der Waals surface area contributed by atoms with Gasteiger partial charge >= 0.3 is 0 Å². The third kappa shape index (κ3) is 2.77. The maximum absolute atomic E-state index is 13.0. The smallest absolute Gasteiger partial charge is 0.289 e. The van der Waals surface area contributed by atoms with Crippen molar-refractivity contribution in [2.75, 3.05) is 26.8 Å². The predicted octanol–water partition coefficient (Wildman–Crippen LogP) is 2.90. The first-order valence-corrected chi connectivity index (χ1v) is 9.22. The van der Waals surface area contributed by atoms with Crippen LogP contribution < -0.4 is 4.74 Å². The van der Waals surface area contributed by atoms with Gasteiger partial charge in [0.05, 0.1) is 18.8 Å². The lowest BCUT2D eigenvalue weighted by molar-refractivity contribution is -0.174. The Morgan fingerprint density at radius 3 is 2.81 bits per heavy atom. The van der Waals surface area contributed by atoms with Crippen LogP contribution in [0.3, 0.4) is 0 Å². The SMILES string of the molecule is COc1ccc2c(C)c(C(=O)N3CCC4(CC3)OCCC[C@H]4O)oc2c1. The Morgan fingerprint density at radius 1 is 1.35 bits per heavy atom. The van der Waals surface area contributed by atoms with Crippen LogP contribution in [-0.4, -0.2) is 54.4 Å². The lowest BCUT2D eigenvalue weighted by atomic mass is 9.82. The molecule has 1 spiro atoms. The normalized spacial score (nSPS) is 22.7. The second-order valence-electron chi connectivity index (χ2n) is 7.28. The monoisotopic (exact) mass is 359 g/mol. The fourth-order valence-electron chi connectivity index (χ4n) is 4.16. The zero-order chi connectivity index (χ0) is 18.3. The number of piperidine rings is 1. The van der Waals surface area contributed by atoms with Gasteiger partial charge < -0.3 is 23.9 Å². The van der Waals surface area contributed by atoms with Gasteiger partial charge in [0.2, 0.25) is 0 Å². The van der Waals surface area contributed by atoms with Gasteiger partial charge in [-0.15, -0.1) is 0 Å². The van der Waals surface area contributed by atoms with Crippen LogP contribution in [0.4, 0.5) is 0 Å². The first-order chi connectivity index (χ1) is 12.5. The summed E-state index contributed by atoms with van der Waals surface area (Å²) in [6.07, 6.45) is 2.56. The van der Waals surface area contributed by atoms with Gasteiger partial charge in [0.15, 0.2) is 5.76 Å². The van der Waals surface area contributed by atoms with E-state index in [4.69, 9.17) is 13.9 Å². The van der Waals surface area contributed by atoms with E-state index in [2.05, 4.69) is 0 Å². The molecule has 2 aliphatic heterocycles. The van der Waals surface area contributed by atoms with Crippen molar-refractivity contribution in [2.24, 2.45) is 0 Å². The number of aliphatic hydroxyl groups is 1. The van der Waals surface area contributed by atoms with Crippen LogP contribution in [0.2, 0.25) is 0 Å². The van der Waals surface area contributed by atoms with Crippen molar-refractivity contribution in [1.29, 1.82) is 0 Å². The summed E-state index contributed by atoms with van der Waals surface area (Å²) in [6, 6.07) is 5.59. The van der Waals surface area contributed by atoms with Gasteiger partial charge in [0, 0.05) is 36.7 Å². The molecule has 6 nitrogen and oxygen atoms in total. The molecule has 6 heteroatoms. The van der Waals surface area contributed by atoms with E-state index in [0.29, 0.717) is 49.6 Å². The number of methoxy groups -OCH3 is 1. The minimum absolute atomic E-state index is 0.0992. The van der Waals surface area contributed by atoms with Gasteiger partial charge in [-0.1, -0.05) is 0 Å². The molecule has 2 aromatic rings. The van der Waals surface area contributed by atoms with E-state index in [1.807, 2.05) is 19.1 Å². The highest BCUT2D eigenvalue weighted by molar-refractivity contribution is 5.99. The topological polar surface area (TPSA) is 72.1 Å².